The van der Waals surface area contributed by atoms with Crippen molar-refractivity contribution in [3.05, 3.63) is 60.0 Å². The number of aryl methyl sites for hydroxylation is 1. The molecule has 6 nitrogen and oxygen atoms in total. The zero-order valence-electron chi connectivity index (χ0n) is 14.7. The first-order valence-electron chi connectivity index (χ1n) is 7.94. The van der Waals surface area contributed by atoms with E-state index in [1.54, 1.807) is 44.6 Å². The van der Waals surface area contributed by atoms with Gasteiger partial charge in [0.25, 0.3) is 0 Å². The Hall–Kier alpha value is -3.35. The predicted octanol–water partition coefficient (Wildman–Crippen LogP) is 4.43. The SMILES string of the molecule is COc1ccc(Nc2nc(C)cc(Nc3cccc(F)c3)n2)cc1OC. The highest BCUT2D eigenvalue weighted by Crippen LogP contribution is 2.30. The van der Waals surface area contributed by atoms with Crippen molar-refractivity contribution < 1.29 is 13.9 Å². The maximum absolute atomic E-state index is 13.3. The largest absolute Gasteiger partial charge is 0.493 e. The summed E-state index contributed by atoms with van der Waals surface area (Å²) in [5.41, 5.74) is 2.13. The fourth-order valence-electron chi connectivity index (χ4n) is 2.45. The fourth-order valence-corrected chi connectivity index (χ4v) is 2.45. The average molecular weight is 354 g/mol. The van der Waals surface area contributed by atoms with Crippen molar-refractivity contribution >= 4 is 23.1 Å². The zero-order valence-corrected chi connectivity index (χ0v) is 14.7. The van der Waals surface area contributed by atoms with Gasteiger partial charge in [-0.3, -0.25) is 0 Å². The Bertz CT molecular complexity index is 918. The van der Waals surface area contributed by atoms with Crippen LogP contribution in [0, 0.1) is 12.7 Å². The van der Waals surface area contributed by atoms with E-state index in [1.165, 1.54) is 12.1 Å². The standard InChI is InChI=1S/C19H19FN4O2/c1-12-9-18(22-14-6-4-5-13(20)10-14)24-19(21-12)23-15-7-8-16(25-2)17(11-15)26-3/h4-11H,1-3H3,(H2,21,22,23,24). The average Bonchev–Trinajstić information content (AvgIpc) is 2.61. The van der Waals surface area contributed by atoms with Gasteiger partial charge in [0, 0.05) is 29.2 Å². The second kappa shape index (κ2) is 7.69. The topological polar surface area (TPSA) is 68.3 Å². The molecule has 0 aliphatic heterocycles. The van der Waals surface area contributed by atoms with Gasteiger partial charge in [0.2, 0.25) is 5.95 Å². The van der Waals surface area contributed by atoms with Gasteiger partial charge in [0.15, 0.2) is 11.5 Å². The van der Waals surface area contributed by atoms with Gasteiger partial charge in [0.05, 0.1) is 14.2 Å². The Balaban J connectivity index is 1.83. The maximum atomic E-state index is 13.3. The Labute approximate surface area is 151 Å². The van der Waals surface area contributed by atoms with Crippen LogP contribution in [0.5, 0.6) is 11.5 Å². The minimum absolute atomic E-state index is 0.315. The molecule has 2 N–H and O–H groups in total. The van der Waals surface area contributed by atoms with Gasteiger partial charge in [0.1, 0.15) is 11.6 Å². The highest BCUT2D eigenvalue weighted by Gasteiger charge is 2.08. The Morgan fingerprint density at radius 3 is 2.35 bits per heavy atom. The normalized spacial score (nSPS) is 10.3. The van der Waals surface area contributed by atoms with Crippen molar-refractivity contribution in [2.45, 2.75) is 6.92 Å². The van der Waals surface area contributed by atoms with Crippen molar-refractivity contribution in [3.63, 3.8) is 0 Å². The number of nitrogens with zero attached hydrogens (tertiary/aromatic N) is 2. The Morgan fingerprint density at radius 1 is 0.846 bits per heavy atom. The highest BCUT2D eigenvalue weighted by molar-refractivity contribution is 5.62. The molecule has 0 bridgehead atoms. The molecular formula is C19H19FN4O2. The van der Waals surface area contributed by atoms with Crippen LogP contribution in [-0.4, -0.2) is 24.2 Å². The Morgan fingerprint density at radius 2 is 1.62 bits per heavy atom. The predicted molar refractivity (Wildman–Crippen MR) is 99.3 cm³/mol. The van der Waals surface area contributed by atoms with E-state index in [2.05, 4.69) is 20.6 Å². The van der Waals surface area contributed by atoms with Crippen molar-refractivity contribution in [3.8, 4) is 11.5 Å². The molecular weight excluding hydrogens is 335 g/mol. The van der Waals surface area contributed by atoms with Crippen LogP contribution in [0.2, 0.25) is 0 Å². The second-order valence-electron chi connectivity index (χ2n) is 5.55. The van der Waals surface area contributed by atoms with E-state index < -0.39 is 0 Å². The molecule has 0 saturated heterocycles. The number of aromatic nitrogens is 2. The number of benzene rings is 2. The summed E-state index contributed by atoms with van der Waals surface area (Å²) >= 11 is 0. The number of ether oxygens (including phenoxy) is 2. The van der Waals surface area contributed by atoms with Crippen LogP contribution in [0.15, 0.2) is 48.5 Å². The maximum Gasteiger partial charge on any atom is 0.229 e. The van der Waals surface area contributed by atoms with Crippen LogP contribution in [-0.2, 0) is 0 Å². The quantitative estimate of drug-likeness (QED) is 0.683. The first kappa shape index (κ1) is 17.5. The lowest BCUT2D eigenvalue weighted by atomic mass is 10.2. The smallest absolute Gasteiger partial charge is 0.229 e. The number of hydrogen-bond acceptors (Lipinski definition) is 6. The molecule has 3 aromatic rings. The van der Waals surface area contributed by atoms with Crippen LogP contribution in [0.1, 0.15) is 5.69 Å². The lowest BCUT2D eigenvalue weighted by Crippen LogP contribution is -2.03. The van der Waals surface area contributed by atoms with Crippen molar-refractivity contribution in [1.29, 1.82) is 0 Å². The van der Waals surface area contributed by atoms with E-state index in [-0.39, 0.29) is 5.82 Å². The molecule has 0 fully saturated rings. The van der Waals surface area contributed by atoms with E-state index in [4.69, 9.17) is 9.47 Å². The molecule has 1 heterocycles. The molecule has 7 heteroatoms. The molecule has 0 atom stereocenters. The first-order chi connectivity index (χ1) is 12.6. The number of halogens is 1. The van der Waals surface area contributed by atoms with Crippen molar-refractivity contribution in [2.75, 3.05) is 24.9 Å². The number of anilines is 4. The van der Waals surface area contributed by atoms with E-state index in [9.17, 15) is 4.39 Å². The lowest BCUT2D eigenvalue weighted by molar-refractivity contribution is 0.355. The van der Waals surface area contributed by atoms with Gasteiger partial charge in [-0.2, -0.15) is 4.98 Å². The van der Waals surface area contributed by atoms with Crippen LogP contribution in [0.4, 0.5) is 27.5 Å². The van der Waals surface area contributed by atoms with Gasteiger partial charge in [-0.15, -0.1) is 0 Å². The van der Waals surface area contributed by atoms with E-state index in [0.29, 0.717) is 29.0 Å². The number of nitrogens with one attached hydrogen (secondary N) is 2. The summed E-state index contributed by atoms with van der Waals surface area (Å²) in [5.74, 6) is 1.89. The summed E-state index contributed by atoms with van der Waals surface area (Å²) in [5, 5.41) is 6.21. The Kier molecular flexibility index (Phi) is 5.17. The van der Waals surface area contributed by atoms with E-state index in [0.717, 1.165) is 11.4 Å². The molecule has 2 aromatic carbocycles. The summed E-state index contributed by atoms with van der Waals surface area (Å²) in [6.07, 6.45) is 0. The van der Waals surface area contributed by atoms with Crippen LogP contribution >= 0.6 is 0 Å². The highest BCUT2D eigenvalue weighted by atomic mass is 19.1. The summed E-state index contributed by atoms with van der Waals surface area (Å²) in [7, 11) is 3.16. The third-order valence-corrected chi connectivity index (χ3v) is 3.59. The van der Waals surface area contributed by atoms with Crippen LogP contribution in [0.3, 0.4) is 0 Å². The molecule has 0 radical (unpaired) electrons. The second-order valence-corrected chi connectivity index (χ2v) is 5.55. The summed E-state index contributed by atoms with van der Waals surface area (Å²) in [6.45, 7) is 1.86. The van der Waals surface area contributed by atoms with Gasteiger partial charge < -0.3 is 20.1 Å². The third kappa shape index (κ3) is 4.18. The molecule has 1 aromatic heterocycles. The van der Waals surface area contributed by atoms with E-state index in [1.807, 2.05) is 13.0 Å². The molecule has 0 saturated carbocycles. The molecule has 0 aliphatic rings. The van der Waals surface area contributed by atoms with E-state index >= 15 is 0 Å². The van der Waals surface area contributed by atoms with Crippen LogP contribution < -0.4 is 20.1 Å². The lowest BCUT2D eigenvalue weighted by Gasteiger charge is -2.12. The van der Waals surface area contributed by atoms with Gasteiger partial charge >= 0.3 is 0 Å². The summed E-state index contributed by atoms with van der Waals surface area (Å²) < 4.78 is 23.9. The molecule has 26 heavy (non-hydrogen) atoms. The van der Waals surface area contributed by atoms with Crippen molar-refractivity contribution in [1.82, 2.24) is 9.97 Å². The number of hydrogen-bond donors (Lipinski definition) is 2. The molecule has 0 unspecified atom stereocenters. The molecule has 134 valence electrons. The van der Waals surface area contributed by atoms with Gasteiger partial charge in [-0.1, -0.05) is 6.07 Å². The first-order valence-corrected chi connectivity index (χ1v) is 7.94. The monoisotopic (exact) mass is 354 g/mol. The minimum Gasteiger partial charge on any atom is -0.493 e. The molecule has 0 spiro atoms. The summed E-state index contributed by atoms with van der Waals surface area (Å²) in [4.78, 5) is 8.80. The fraction of sp³-hybridized carbons (Fsp3) is 0.158. The van der Waals surface area contributed by atoms with Crippen LogP contribution in [0.25, 0.3) is 0 Å². The van der Waals surface area contributed by atoms with Gasteiger partial charge in [-0.25, -0.2) is 9.37 Å². The van der Waals surface area contributed by atoms with Gasteiger partial charge in [-0.05, 0) is 37.3 Å². The molecule has 0 aliphatic carbocycles. The third-order valence-electron chi connectivity index (χ3n) is 3.59. The van der Waals surface area contributed by atoms with Crippen molar-refractivity contribution in [2.24, 2.45) is 0 Å². The molecule has 0 amide bonds. The summed E-state index contributed by atoms with van der Waals surface area (Å²) in [6, 6.07) is 13.4. The zero-order chi connectivity index (χ0) is 18.5. The number of methoxy groups -OCH3 is 2. The minimum atomic E-state index is -0.315. The number of rotatable bonds is 6. The molecule has 3 rings (SSSR count).